The number of hydrogen-bond acceptors (Lipinski definition) is 5. The van der Waals surface area contributed by atoms with Crippen LogP contribution in [0.3, 0.4) is 0 Å². The molecule has 0 heterocycles. The zero-order chi connectivity index (χ0) is 15.5. The monoisotopic (exact) mass is 307 g/mol. The van der Waals surface area contributed by atoms with Gasteiger partial charge in [0.25, 0.3) is 15.7 Å². The van der Waals surface area contributed by atoms with Crippen LogP contribution in [-0.2, 0) is 16.6 Å². The first-order valence-electron chi connectivity index (χ1n) is 5.99. The second-order valence-electron chi connectivity index (χ2n) is 4.23. The van der Waals surface area contributed by atoms with Gasteiger partial charge in [0.1, 0.15) is 0 Å². The molecule has 110 valence electrons. The minimum atomic E-state index is -4.03. The number of sulfonamides is 1. The van der Waals surface area contributed by atoms with Crippen molar-refractivity contribution in [3.8, 4) is 0 Å². The highest BCUT2D eigenvalue weighted by Gasteiger charge is 2.24. The van der Waals surface area contributed by atoms with Gasteiger partial charge in [-0.05, 0) is 23.8 Å². The standard InChI is InChI=1S/C13H13N3O4S/c14-9-10-5-7-11(8-6-10)15-21(19,20)13-4-2-1-3-12(13)16(17)18/h1-8,15H,9,14H2. The van der Waals surface area contributed by atoms with Crippen molar-refractivity contribution in [3.63, 3.8) is 0 Å². The van der Waals surface area contributed by atoms with Crippen LogP contribution in [-0.4, -0.2) is 13.3 Å². The van der Waals surface area contributed by atoms with E-state index in [0.29, 0.717) is 12.2 Å². The maximum absolute atomic E-state index is 12.2. The molecule has 0 aliphatic heterocycles. The molecule has 0 atom stereocenters. The van der Waals surface area contributed by atoms with Crippen LogP contribution in [0.1, 0.15) is 5.56 Å². The van der Waals surface area contributed by atoms with Crippen molar-refractivity contribution in [3.05, 3.63) is 64.2 Å². The third-order valence-electron chi connectivity index (χ3n) is 2.79. The average Bonchev–Trinajstić information content (AvgIpc) is 2.47. The Morgan fingerprint density at radius 1 is 1.10 bits per heavy atom. The van der Waals surface area contributed by atoms with Crippen molar-refractivity contribution in [1.82, 2.24) is 0 Å². The minimum absolute atomic E-state index is 0.311. The van der Waals surface area contributed by atoms with Gasteiger partial charge in [-0.25, -0.2) is 8.42 Å². The molecule has 0 fully saturated rings. The number of nitrogens with one attached hydrogen (secondary N) is 1. The molecule has 0 saturated heterocycles. The summed E-state index contributed by atoms with van der Waals surface area (Å²) in [6.07, 6.45) is 0. The van der Waals surface area contributed by atoms with E-state index >= 15 is 0 Å². The second-order valence-corrected chi connectivity index (χ2v) is 5.88. The van der Waals surface area contributed by atoms with Crippen LogP contribution < -0.4 is 10.5 Å². The lowest BCUT2D eigenvalue weighted by molar-refractivity contribution is -0.387. The zero-order valence-electron chi connectivity index (χ0n) is 10.9. The van der Waals surface area contributed by atoms with Crippen molar-refractivity contribution < 1.29 is 13.3 Å². The third-order valence-corrected chi connectivity index (χ3v) is 4.22. The smallest absolute Gasteiger partial charge is 0.289 e. The maximum Gasteiger partial charge on any atom is 0.289 e. The lowest BCUT2D eigenvalue weighted by atomic mass is 10.2. The number of nitrogens with two attached hydrogens (primary N) is 1. The zero-order valence-corrected chi connectivity index (χ0v) is 11.7. The first kappa shape index (κ1) is 14.9. The van der Waals surface area contributed by atoms with Gasteiger partial charge >= 0.3 is 0 Å². The van der Waals surface area contributed by atoms with Crippen LogP contribution in [0.5, 0.6) is 0 Å². The number of para-hydroxylation sites is 1. The highest BCUT2D eigenvalue weighted by atomic mass is 32.2. The van der Waals surface area contributed by atoms with Crippen LogP contribution in [0.25, 0.3) is 0 Å². The minimum Gasteiger partial charge on any atom is -0.326 e. The third kappa shape index (κ3) is 3.36. The summed E-state index contributed by atoms with van der Waals surface area (Å²) in [5.74, 6) is 0. The molecule has 21 heavy (non-hydrogen) atoms. The highest BCUT2D eigenvalue weighted by Crippen LogP contribution is 2.25. The largest absolute Gasteiger partial charge is 0.326 e. The Morgan fingerprint density at radius 3 is 2.29 bits per heavy atom. The Bertz CT molecular complexity index is 757. The topological polar surface area (TPSA) is 115 Å². The van der Waals surface area contributed by atoms with Gasteiger partial charge < -0.3 is 5.73 Å². The van der Waals surface area contributed by atoms with Gasteiger partial charge in [0.05, 0.1) is 4.92 Å². The maximum atomic E-state index is 12.2. The van der Waals surface area contributed by atoms with Crippen molar-refractivity contribution in [1.29, 1.82) is 0 Å². The fourth-order valence-electron chi connectivity index (χ4n) is 1.75. The first-order valence-corrected chi connectivity index (χ1v) is 7.47. The van der Waals surface area contributed by atoms with E-state index in [-0.39, 0.29) is 4.90 Å². The van der Waals surface area contributed by atoms with Gasteiger partial charge in [-0.15, -0.1) is 0 Å². The summed E-state index contributed by atoms with van der Waals surface area (Å²) in [5.41, 5.74) is 6.15. The summed E-state index contributed by atoms with van der Waals surface area (Å²) >= 11 is 0. The Labute approximate surface area is 121 Å². The van der Waals surface area contributed by atoms with Crippen LogP contribution in [0, 0.1) is 10.1 Å². The molecular formula is C13H13N3O4S. The molecule has 2 aromatic carbocycles. The van der Waals surface area contributed by atoms with Crippen LogP contribution in [0.4, 0.5) is 11.4 Å². The van der Waals surface area contributed by atoms with Gasteiger partial charge in [0, 0.05) is 18.3 Å². The highest BCUT2D eigenvalue weighted by molar-refractivity contribution is 7.92. The van der Waals surface area contributed by atoms with E-state index in [1.54, 1.807) is 24.3 Å². The number of nitro benzene ring substituents is 1. The average molecular weight is 307 g/mol. The lowest BCUT2D eigenvalue weighted by Gasteiger charge is -2.08. The quantitative estimate of drug-likeness (QED) is 0.646. The molecule has 0 aromatic heterocycles. The van der Waals surface area contributed by atoms with Crippen molar-refractivity contribution >= 4 is 21.4 Å². The Hall–Kier alpha value is -2.45. The summed E-state index contributed by atoms with van der Waals surface area (Å²) in [6, 6.07) is 11.6. The molecular weight excluding hydrogens is 294 g/mol. The molecule has 2 aromatic rings. The van der Waals surface area contributed by atoms with Crippen LogP contribution in [0.2, 0.25) is 0 Å². The fourth-order valence-corrected chi connectivity index (χ4v) is 2.99. The van der Waals surface area contributed by atoms with E-state index in [9.17, 15) is 18.5 Å². The van der Waals surface area contributed by atoms with E-state index in [1.807, 2.05) is 0 Å². The summed E-state index contributed by atoms with van der Waals surface area (Å²) < 4.78 is 26.8. The Morgan fingerprint density at radius 2 is 1.71 bits per heavy atom. The number of nitrogens with zero attached hydrogens (tertiary/aromatic N) is 1. The van der Waals surface area contributed by atoms with Crippen molar-refractivity contribution in [2.75, 3.05) is 4.72 Å². The number of hydrogen-bond donors (Lipinski definition) is 2. The Kier molecular flexibility index (Phi) is 4.20. The molecule has 2 rings (SSSR count). The molecule has 0 radical (unpaired) electrons. The van der Waals surface area contributed by atoms with Gasteiger partial charge in [0.15, 0.2) is 4.90 Å². The normalized spacial score (nSPS) is 11.1. The van der Waals surface area contributed by atoms with Gasteiger partial charge in [-0.3, -0.25) is 14.8 Å². The van der Waals surface area contributed by atoms with E-state index < -0.39 is 20.6 Å². The molecule has 0 amide bonds. The predicted octanol–water partition coefficient (Wildman–Crippen LogP) is 1.85. The van der Waals surface area contributed by atoms with E-state index in [1.165, 1.54) is 18.2 Å². The van der Waals surface area contributed by atoms with Crippen molar-refractivity contribution in [2.45, 2.75) is 11.4 Å². The predicted molar refractivity (Wildman–Crippen MR) is 78.2 cm³/mol. The number of rotatable bonds is 5. The summed E-state index contributed by atoms with van der Waals surface area (Å²) in [5, 5.41) is 10.9. The second kappa shape index (κ2) is 5.90. The summed E-state index contributed by atoms with van der Waals surface area (Å²) in [6.45, 7) is 0.344. The first-order chi connectivity index (χ1) is 9.94. The van der Waals surface area contributed by atoms with Gasteiger partial charge in [0.2, 0.25) is 0 Å². The molecule has 0 aliphatic rings. The molecule has 0 unspecified atom stereocenters. The molecule has 0 aliphatic carbocycles. The SMILES string of the molecule is NCc1ccc(NS(=O)(=O)c2ccccc2[N+](=O)[O-])cc1. The van der Waals surface area contributed by atoms with Crippen LogP contribution in [0.15, 0.2) is 53.4 Å². The van der Waals surface area contributed by atoms with Crippen LogP contribution >= 0.6 is 0 Å². The molecule has 0 bridgehead atoms. The van der Waals surface area contributed by atoms with Gasteiger partial charge in [-0.1, -0.05) is 24.3 Å². The molecule has 0 spiro atoms. The molecule has 0 saturated carbocycles. The van der Waals surface area contributed by atoms with E-state index in [2.05, 4.69) is 4.72 Å². The number of nitro groups is 1. The lowest BCUT2D eigenvalue weighted by Crippen LogP contribution is -2.14. The number of anilines is 1. The number of benzene rings is 2. The summed E-state index contributed by atoms with van der Waals surface area (Å²) in [7, 11) is -4.03. The fraction of sp³-hybridized carbons (Fsp3) is 0.0769. The van der Waals surface area contributed by atoms with E-state index in [0.717, 1.165) is 11.6 Å². The van der Waals surface area contributed by atoms with Gasteiger partial charge in [-0.2, -0.15) is 0 Å². The molecule has 8 heteroatoms. The van der Waals surface area contributed by atoms with E-state index in [4.69, 9.17) is 5.73 Å². The Balaban J connectivity index is 2.36. The molecule has 3 N–H and O–H groups in total. The summed E-state index contributed by atoms with van der Waals surface area (Å²) in [4.78, 5) is 9.80. The molecule has 7 nitrogen and oxygen atoms in total. The van der Waals surface area contributed by atoms with Crippen molar-refractivity contribution in [2.24, 2.45) is 5.73 Å².